The van der Waals surface area contributed by atoms with Gasteiger partial charge < -0.3 is 9.26 Å². The van der Waals surface area contributed by atoms with Crippen molar-refractivity contribution in [2.24, 2.45) is 5.92 Å². The van der Waals surface area contributed by atoms with E-state index in [1.165, 1.54) is 6.07 Å². The Morgan fingerprint density at radius 2 is 1.89 bits per heavy atom. The number of halogens is 1. The molecule has 1 unspecified atom stereocenters. The molecular formula is C20H16ClN3O4. The predicted octanol–water partition coefficient (Wildman–Crippen LogP) is 3.01. The lowest BCUT2D eigenvalue weighted by Gasteiger charge is -2.24. The van der Waals surface area contributed by atoms with E-state index in [4.69, 9.17) is 20.9 Å². The summed E-state index contributed by atoms with van der Waals surface area (Å²) in [7, 11) is 0. The average molecular weight is 398 g/mol. The van der Waals surface area contributed by atoms with Gasteiger partial charge in [-0.1, -0.05) is 47.1 Å². The van der Waals surface area contributed by atoms with Crippen LogP contribution in [0.4, 0.5) is 0 Å². The summed E-state index contributed by atoms with van der Waals surface area (Å²) in [6.07, 6.45) is 0.472. The van der Waals surface area contributed by atoms with E-state index >= 15 is 0 Å². The number of carbonyl (C=O) groups is 2. The van der Waals surface area contributed by atoms with E-state index in [2.05, 4.69) is 16.0 Å². The first-order valence-corrected chi connectivity index (χ1v) is 9.01. The van der Waals surface area contributed by atoms with E-state index in [-0.39, 0.29) is 18.2 Å². The minimum Gasteiger partial charge on any atom is -0.492 e. The number of fused-ring (bicyclic) bond motifs is 1. The van der Waals surface area contributed by atoms with Crippen LogP contribution in [-0.4, -0.2) is 23.6 Å². The van der Waals surface area contributed by atoms with Crippen LogP contribution in [0.1, 0.15) is 16.1 Å². The zero-order chi connectivity index (χ0) is 19.5. The van der Waals surface area contributed by atoms with Gasteiger partial charge in [0.25, 0.3) is 5.91 Å². The zero-order valence-corrected chi connectivity index (χ0v) is 15.4. The summed E-state index contributed by atoms with van der Waals surface area (Å²) in [5, 5.41) is 4.33. The topological polar surface area (TPSA) is 93.5 Å². The van der Waals surface area contributed by atoms with Gasteiger partial charge in [-0.3, -0.25) is 20.4 Å². The van der Waals surface area contributed by atoms with Gasteiger partial charge >= 0.3 is 0 Å². The van der Waals surface area contributed by atoms with Gasteiger partial charge in [0.05, 0.1) is 5.92 Å². The third-order valence-corrected chi connectivity index (χ3v) is 4.64. The fraction of sp³-hybridized carbons (Fsp3) is 0.150. The van der Waals surface area contributed by atoms with E-state index in [1.807, 2.05) is 30.3 Å². The molecule has 0 spiro atoms. The number of hydrogen-bond donors (Lipinski definition) is 2. The van der Waals surface area contributed by atoms with Crippen LogP contribution >= 0.6 is 11.6 Å². The Labute approximate surface area is 165 Å². The van der Waals surface area contributed by atoms with E-state index in [1.54, 1.807) is 18.2 Å². The van der Waals surface area contributed by atoms with Crippen molar-refractivity contribution < 1.29 is 18.8 Å². The van der Waals surface area contributed by atoms with Gasteiger partial charge in [-0.25, -0.2) is 0 Å². The molecule has 0 saturated carbocycles. The molecule has 2 heterocycles. The van der Waals surface area contributed by atoms with Crippen LogP contribution in [0.25, 0.3) is 11.3 Å². The molecule has 8 heteroatoms. The number of hydrazine groups is 1. The number of amides is 2. The predicted molar refractivity (Wildman–Crippen MR) is 102 cm³/mol. The van der Waals surface area contributed by atoms with Gasteiger partial charge in [0.1, 0.15) is 12.4 Å². The van der Waals surface area contributed by atoms with Crippen molar-refractivity contribution in [3.8, 4) is 17.1 Å². The van der Waals surface area contributed by atoms with E-state index < -0.39 is 11.8 Å². The molecule has 2 aromatic carbocycles. The molecule has 1 atom stereocenters. The molecule has 0 bridgehead atoms. The van der Waals surface area contributed by atoms with Crippen molar-refractivity contribution in [2.75, 3.05) is 6.61 Å². The molecule has 0 fully saturated rings. The molecular weight excluding hydrogens is 382 g/mol. The van der Waals surface area contributed by atoms with Crippen LogP contribution < -0.4 is 15.6 Å². The number of benzene rings is 2. The number of ether oxygens (including phenoxy) is 1. The maximum atomic E-state index is 12.4. The first-order chi connectivity index (χ1) is 13.6. The Balaban J connectivity index is 1.35. The molecule has 2 amide bonds. The maximum absolute atomic E-state index is 12.4. The Kier molecular flexibility index (Phi) is 4.99. The van der Waals surface area contributed by atoms with Crippen LogP contribution in [0.15, 0.2) is 59.1 Å². The number of carbonyl (C=O) groups excluding carboxylic acids is 2. The van der Waals surface area contributed by atoms with Crippen molar-refractivity contribution in [3.63, 3.8) is 0 Å². The second-order valence-electron chi connectivity index (χ2n) is 6.35. The van der Waals surface area contributed by atoms with Crippen LogP contribution in [-0.2, 0) is 11.2 Å². The first kappa shape index (κ1) is 18.1. The summed E-state index contributed by atoms with van der Waals surface area (Å²) >= 11 is 5.99. The lowest BCUT2D eigenvalue weighted by atomic mass is 9.96. The number of hydrogen-bond acceptors (Lipinski definition) is 5. The minimum absolute atomic E-state index is 0.0659. The van der Waals surface area contributed by atoms with E-state index in [0.717, 1.165) is 11.1 Å². The van der Waals surface area contributed by atoms with Crippen molar-refractivity contribution in [1.82, 2.24) is 16.0 Å². The zero-order valence-electron chi connectivity index (χ0n) is 14.6. The second-order valence-corrected chi connectivity index (χ2v) is 6.79. The van der Waals surface area contributed by atoms with Gasteiger partial charge in [0.15, 0.2) is 11.5 Å². The molecule has 7 nitrogen and oxygen atoms in total. The second kappa shape index (κ2) is 7.74. The van der Waals surface area contributed by atoms with Gasteiger partial charge in [-0.05, 0) is 30.2 Å². The molecule has 142 valence electrons. The van der Waals surface area contributed by atoms with Crippen LogP contribution in [0, 0.1) is 5.92 Å². The molecule has 2 N–H and O–H groups in total. The molecule has 3 aromatic rings. The Bertz CT molecular complexity index is 1020. The quantitative estimate of drug-likeness (QED) is 0.662. The lowest BCUT2D eigenvalue weighted by molar-refractivity contribution is -0.127. The highest BCUT2D eigenvalue weighted by atomic mass is 35.5. The number of rotatable bonds is 3. The molecule has 0 aliphatic carbocycles. The smallest absolute Gasteiger partial charge is 0.291 e. The summed E-state index contributed by atoms with van der Waals surface area (Å²) in [4.78, 5) is 24.6. The summed E-state index contributed by atoms with van der Waals surface area (Å²) in [5.41, 5.74) is 6.49. The van der Waals surface area contributed by atoms with Crippen LogP contribution in [0.5, 0.6) is 5.75 Å². The summed E-state index contributed by atoms with van der Waals surface area (Å²) in [6.45, 7) is 0.221. The van der Waals surface area contributed by atoms with Crippen molar-refractivity contribution in [3.05, 3.63) is 70.9 Å². The third kappa shape index (κ3) is 3.84. The largest absolute Gasteiger partial charge is 0.492 e. The van der Waals surface area contributed by atoms with Crippen molar-refractivity contribution >= 4 is 23.4 Å². The molecule has 1 aliphatic heterocycles. The van der Waals surface area contributed by atoms with E-state index in [0.29, 0.717) is 23.0 Å². The third-order valence-electron chi connectivity index (χ3n) is 4.40. The average Bonchev–Trinajstić information content (AvgIpc) is 3.22. The fourth-order valence-electron chi connectivity index (χ4n) is 2.94. The summed E-state index contributed by atoms with van der Waals surface area (Å²) < 4.78 is 10.8. The number of nitrogens with zero attached hydrogens (tertiary/aromatic N) is 1. The van der Waals surface area contributed by atoms with Crippen LogP contribution in [0.3, 0.4) is 0 Å². The highest BCUT2D eigenvalue weighted by molar-refractivity contribution is 6.30. The van der Waals surface area contributed by atoms with Gasteiger partial charge in [-0.2, -0.15) is 0 Å². The Morgan fingerprint density at radius 1 is 1.07 bits per heavy atom. The Hall–Kier alpha value is -3.32. The monoisotopic (exact) mass is 397 g/mol. The molecule has 28 heavy (non-hydrogen) atoms. The molecule has 1 aliphatic rings. The summed E-state index contributed by atoms with van der Waals surface area (Å²) in [6, 6.07) is 16.1. The normalized spacial score (nSPS) is 15.2. The highest BCUT2D eigenvalue weighted by Crippen LogP contribution is 2.29. The first-order valence-electron chi connectivity index (χ1n) is 8.64. The Morgan fingerprint density at radius 3 is 2.71 bits per heavy atom. The number of nitrogens with one attached hydrogen (secondary N) is 2. The SMILES string of the molecule is O=C(NNC(=O)C1COc2ccc(Cl)cc2C1)c1cc(-c2ccccc2)on1. The van der Waals surface area contributed by atoms with Crippen LogP contribution in [0.2, 0.25) is 5.02 Å². The van der Waals surface area contributed by atoms with Crippen molar-refractivity contribution in [2.45, 2.75) is 6.42 Å². The fourth-order valence-corrected chi connectivity index (χ4v) is 3.13. The van der Waals surface area contributed by atoms with E-state index in [9.17, 15) is 9.59 Å². The molecule has 0 radical (unpaired) electrons. The molecule has 1 aromatic heterocycles. The molecule has 4 rings (SSSR count). The van der Waals surface area contributed by atoms with Crippen molar-refractivity contribution in [1.29, 1.82) is 0 Å². The number of aromatic nitrogens is 1. The summed E-state index contributed by atoms with van der Waals surface area (Å²) in [5.74, 6) is -0.187. The van der Waals surface area contributed by atoms with Gasteiger partial charge in [0, 0.05) is 16.7 Å². The highest BCUT2D eigenvalue weighted by Gasteiger charge is 2.27. The maximum Gasteiger partial charge on any atom is 0.291 e. The van der Waals surface area contributed by atoms with Gasteiger partial charge in [0.2, 0.25) is 5.91 Å². The standard InChI is InChI=1S/C20H16ClN3O4/c21-15-6-7-17-13(9-15)8-14(11-27-17)19(25)22-23-20(26)16-10-18(28-24-16)12-4-2-1-3-5-12/h1-7,9-10,14H,8,11H2,(H,22,25)(H,23,26). The minimum atomic E-state index is -0.570. The lowest BCUT2D eigenvalue weighted by Crippen LogP contribution is -2.47. The van der Waals surface area contributed by atoms with Gasteiger partial charge in [-0.15, -0.1) is 0 Å². The molecule has 0 saturated heterocycles.